The van der Waals surface area contributed by atoms with Gasteiger partial charge in [0.1, 0.15) is 0 Å². The van der Waals surface area contributed by atoms with Crippen LogP contribution in [0.3, 0.4) is 0 Å². The highest BCUT2D eigenvalue weighted by molar-refractivity contribution is 5.33. The molecule has 4 fully saturated rings. The first-order valence-corrected chi connectivity index (χ1v) is 8.73. The summed E-state index contributed by atoms with van der Waals surface area (Å²) in [5.41, 5.74) is 1.51. The van der Waals surface area contributed by atoms with Crippen molar-refractivity contribution in [2.24, 2.45) is 34.5 Å². The van der Waals surface area contributed by atoms with Crippen LogP contribution in [0, 0.1) is 34.5 Å². The molecule has 20 heavy (non-hydrogen) atoms. The first kappa shape index (κ1) is 13.4. The number of hydrogen-bond donors (Lipinski definition) is 1. The van der Waals surface area contributed by atoms with Crippen LogP contribution in [0.1, 0.15) is 65.7 Å². The molecule has 1 N–H and O–H groups in total. The molecule has 1 heteroatoms. The van der Waals surface area contributed by atoms with Crippen molar-refractivity contribution in [3.63, 3.8) is 0 Å². The Morgan fingerprint density at radius 2 is 1.90 bits per heavy atom. The van der Waals surface area contributed by atoms with E-state index in [-0.39, 0.29) is 0 Å². The normalized spacial score (nSPS) is 61.3. The SMILES string of the molecule is C=C1CC23CC[C@@H]4[C@@H](C)CCC[C@@]4(C)[C@@H]2C[C@H]3C1(C)O. The van der Waals surface area contributed by atoms with E-state index in [0.717, 1.165) is 29.7 Å². The molecule has 0 heterocycles. The molecule has 0 aromatic rings. The predicted octanol–water partition coefficient (Wildman–Crippen LogP) is 4.56. The van der Waals surface area contributed by atoms with Gasteiger partial charge in [-0.2, -0.15) is 0 Å². The van der Waals surface area contributed by atoms with Crippen LogP contribution in [0.5, 0.6) is 0 Å². The van der Waals surface area contributed by atoms with Gasteiger partial charge in [0.05, 0.1) is 5.60 Å². The summed E-state index contributed by atoms with van der Waals surface area (Å²) in [5, 5.41) is 10.8. The summed E-state index contributed by atoms with van der Waals surface area (Å²) < 4.78 is 0. The molecule has 0 radical (unpaired) electrons. The molecule has 4 aliphatic carbocycles. The second-order valence-corrected chi connectivity index (χ2v) is 9.02. The van der Waals surface area contributed by atoms with E-state index in [0.29, 0.717) is 16.7 Å². The fraction of sp³-hybridized carbons (Fsp3) is 0.895. The van der Waals surface area contributed by atoms with E-state index >= 15 is 0 Å². The first-order chi connectivity index (χ1) is 9.32. The maximum absolute atomic E-state index is 10.8. The smallest absolute Gasteiger partial charge is 0.0859 e. The average Bonchev–Trinajstić information content (AvgIpc) is 2.45. The third-order valence-electron chi connectivity index (χ3n) is 8.42. The molecule has 4 rings (SSSR count). The Hall–Kier alpha value is -0.300. The Labute approximate surface area is 123 Å². The van der Waals surface area contributed by atoms with Crippen molar-refractivity contribution < 1.29 is 5.11 Å². The van der Waals surface area contributed by atoms with E-state index in [1.807, 2.05) is 6.92 Å². The third kappa shape index (κ3) is 1.30. The lowest BCUT2D eigenvalue weighted by Crippen LogP contribution is -2.63. The molecule has 0 aliphatic heterocycles. The van der Waals surface area contributed by atoms with Gasteiger partial charge in [-0.1, -0.05) is 33.3 Å². The molecule has 0 amide bonds. The zero-order valence-electron chi connectivity index (χ0n) is 13.4. The number of aliphatic hydroxyl groups is 1. The van der Waals surface area contributed by atoms with E-state index < -0.39 is 5.60 Å². The molecule has 0 aromatic heterocycles. The van der Waals surface area contributed by atoms with Gasteiger partial charge in [0.2, 0.25) is 0 Å². The minimum atomic E-state index is -0.583. The van der Waals surface area contributed by atoms with E-state index in [4.69, 9.17) is 0 Å². The Bertz CT molecular complexity index is 464. The zero-order valence-corrected chi connectivity index (χ0v) is 13.4. The number of fused-ring (bicyclic) bond motifs is 2. The van der Waals surface area contributed by atoms with Crippen LogP contribution in [0.15, 0.2) is 12.2 Å². The fourth-order valence-electron chi connectivity index (χ4n) is 7.32. The van der Waals surface area contributed by atoms with E-state index in [9.17, 15) is 5.11 Å². The van der Waals surface area contributed by atoms with Crippen LogP contribution < -0.4 is 0 Å². The maximum Gasteiger partial charge on any atom is 0.0859 e. The van der Waals surface area contributed by atoms with Crippen molar-refractivity contribution in [1.29, 1.82) is 0 Å². The summed E-state index contributed by atoms with van der Waals surface area (Å²) in [7, 11) is 0. The van der Waals surface area contributed by atoms with Gasteiger partial charge in [-0.05, 0) is 79.1 Å². The molecule has 0 saturated heterocycles. The van der Waals surface area contributed by atoms with Crippen molar-refractivity contribution in [2.45, 2.75) is 71.3 Å². The van der Waals surface area contributed by atoms with E-state index in [1.165, 1.54) is 38.5 Å². The largest absolute Gasteiger partial charge is 0.386 e. The van der Waals surface area contributed by atoms with Crippen LogP contribution in [0.25, 0.3) is 0 Å². The lowest BCUT2D eigenvalue weighted by Gasteiger charge is -2.68. The van der Waals surface area contributed by atoms with Crippen LogP contribution in [0.2, 0.25) is 0 Å². The van der Waals surface area contributed by atoms with Gasteiger partial charge in [-0.15, -0.1) is 0 Å². The summed E-state index contributed by atoms with van der Waals surface area (Å²) >= 11 is 0. The molecule has 4 saturated carbocycles. The molecule has 2 unspecified atom stereocenters. The minimum Gasteiger partial charge on any atom is -0.386 e. The quantitative estimate of drug-likeness (QED) is 0.642. The van der Waals surface area contributed by atoms with Crippen molar-refractivity contribution in [2.75, 3.05) is 0 Å². The standard InChI is InChI=1S/C19H30O/c1-12-6-5-8-17(3)14(12)7-9-19-11-13(2)18(4,20)16(19)10-15(17)19/h12,14-16,20H,2,5-11H2,1,3-4H3/t12-,14+,15-,16-,17+,18?,19?/m0/s1. The lowest BCUT2D eigenvalue weighted by atomic mass is 9.36. The lowest BCUT2D eigenvalue weighted by molar-refractivity contribution is -0.216. The fourth-order valence-corrected chi connectivity index (χ4v) is 7.32. The van der Waals surface area contributed by atoms with Crippen molar-refractivity contribution in [3.05, 3.63) is 12.2 Å². The zero-order chi connectivity index (χ0) is 14.3. The third-order valence-corrected chi connectivity index (χ3v) is 8.42. The molecule has 1 nitrogen and oxygen atoms in total. The summed E-state index contributed by atoms with van der Waals surface area (Å²) in [6.07, 6.45) is 9.39. The molecule has 4 aliphatic rings. The summed E-state index contributed by atoms with van der Waals surface area (Å²) in [6, 6.07) is 0. The average molecular weight is 274 g/mol. The highest BCUT2D eigenvalue weighted by atomic mass is 16.3. The molecular formula is C19H30O. The topological polar surface area (TPSA) is 20.2 Å². The van der Waals surface area contributed by atoms with Gasteiger partial charge in [-0.25, -0.2) is 0 Å². The highest BCUT2D eigenvalue weighted by Crippen LogP contribution is 2.77. The molecule has 7 atom stereocenters. The molecule has 0 aromatic carbocycles. The summed E-state index contributed by atoms with van der Waals surface area (Å²) in [6.45, 7) is 11.3. The monoisotopic (exact) mass is 274 g/mol. The van der Waals surface area contributed by atoms with Gasteiger partial charge in [0.25, 0.3) is 0 Å². The number of hydrogen-bond acceptors (Lipinski definition) is 1. The van der Waals surface area contributed by atoms with Gasteiger partial charge < -0.3 is 5.11 Å². The van der Waals surface area contributed by atoms with Gasteiger partial charge in [0.15, 0.2) is 0 Å². The van der Waals surface area contributed by atoms with E-state index in [1.54, 1.807) is 0 Å². The summed E-state index contributed by atoms with van der Waals surface area (Å²) in [5.74, 6) is 3.21. The maximum atomic E-state index is 10.8. The number of rotatable bonds is 0. The Kier molecular flexibility index (Phi) is 2.48. The van der Waals surface area contributed by atoms with Crippen molar-refractivity contribution >= 4 is 0 Å². The van der Waals surface area contributed by atoms with Crippen LogP contribution in [-0.4, -0.2) is 10.7 Å². The molecular weight excluding hydrogens is 244 g/mol. The summed E-state index contributed by atoms with van der Waals surface area (Å²) in [4.78, 5) is 0. The van der Waals surface area contributed by atoms with E-state index in [2.05, 4.69) is 20.4 Å². The Balaban J connectivity index is 1.71. The first-order valence-electron chi connectivity index (χ1n) is 8.73. The van der Waals surface area contributed by atoms with Crippen molar-refractivity contribution in [1.82, 2.24) is 0 Å². The van der Waals surface area contributed by atoms with Gasteiger partial charge in [-0.3, -0.25) is 0 Å². The molecule has 112 valence electrons. The molecule has 0 bridgehead atoms. The van der Waals surface area contributed by atoms with Crippen LogP contribution in [0.4, 0.5) is 0 Å². The second-order valence-electron chi connectivity index (χ2n) is 9.02. The van der Waals surface area contributed by atoms with Crippen LogP contribution in [-0.2, 0) is 0 Å². The molecule has 1 spiro atoms. The van der Waals surface area contributed by atoms with Crippen molar-refractivity contribution in [3.8, 4) is 0 Å². The van der Waals surface area contributed by atoms with Gasteiger partial charge >= 0.3 is 0 Å². The predicted molar refractivity (Wildman–Crippen MR) is 82.3 cm³/mol. The minimum absolute atomic E-state index is 0.420. The van der Waals surface area contributed by atoms with Crippen LogP contribution >= 0.6 is 0 Å². The highest BCUT2D eigenvalue weighted by Gasteiger charge is 2.72. The Morgan fingerprint density at radius 3 is 2.60 bits per heavy atom. The Morgan fingerprint density at radius 1 is 1.15 bits per heavy atom. The van der Waals surface area contributed by atoms with Gasteiger partial charge in [0, 0.05) is 0 Å². The second kappa shape index (κ2) is 3.72.